The molecule has 3 aromatic rings. The molecule has 0 saturated carbocycles. The zero-order chi connectivity index (χ0) is 21.0. The molecule has 29 heavy (non-hydrogen) atoms. The Kier molecular flexibility index (Phi) is 5.87. The Balaban J connectivity index is 2.19. The number of phenolic OH excluding ortho intramolecular Hbond substituents is 1. The van der Waals surface area contributed by atoms with E-state index < -0.39 is 11.9 Å². The second kappa shape index (κ2) is 8.52. The lowest BCUT2D eigenvalue weighted by molar-refractivity contribution is 0.0557. The molecule has 7 heteroatoms. The highest BCUT2D eigenvalue weighted by Crippen LogP contribution is 2.40. The minimum absolute atomic E-state index is 0.0284. The average Bonchev–Trinajstić information content (AvgIpc) is 2.76. The van der Waals surface area contributed by atoms with Crippen molar-refractivity contribution in [2.45, 2.75) is 6.61 Å². The van der Waals surface area contributed by atoms with Crippen LogP contribution >= 0.6 is 0 Å². The van der Waals surface area contributed by atoms with Crippen molar-refractivity contribution in [2.75, 3.05) is 21.3 Å². The fourth-order valence-corrected chi connectivity index (χ4v) is 3.01. The smallest absolute Gasteiger partial charge is 0.339 e. The van der Waals surface area contributed by atoms with Gasteiger partial charge in [0, 0.05) is 10.8 Å². The van der Waals surface area contributed by atoms with Crippen molar-refractivity contribution >= 4 is 22.7 Å². The normalized spacial score (nSPS) is 10.4. The fraction of sp³-hybridized carbons (Fsp3) is 0.182. The van der Waals surface area contributed by atoms with Crippen molar-refractivity contribution in [3.8, 4) is 17.2 Å². The molecule has 0 saturated heterocycles. The quantitative estimate of drug-likeness (QED) is 0.635. The van der Waals surface area contributed by atoms with Gasteiger partial charge in [-0.05, 0) is 23.8 Å². The maximum absolute atomic E-state index is 12.4. The van der Waals surface area contributed by atoms with Crippen LogP contribution in [0.15, 0.2) is 48.5 Å². The highest BCUT2D eigenvalue weighted by atomic mass is 16.5. The Bertz CT molecular complexity index is 1060. The fourth-order valence-electron chi connectivity index (χ4n) is 3.01. The zero-order valence-electron chi connectivity index (χ0n) is 16.2. The first kappa shape index (κ1) is 20.0. The number of methoxy groups -OCH3 is 3. The van der Waals surface area contributed by atoms with Crippen LogP contribution in [0.25, 0.3) is 10.8 Å². The van der Waals surface area contributed by atoms with Gasteiger partial charge >= 0.3 is 11.9 Å². The first-order chi connectivity index (χ1) is 14.0. The number of hydrogen-bond donors (Lipinski definition) is 1. The molecule has 1 N–H and O–H groups in total. The molecule has 0 spiro atoms. The van der Waals surface area contributed by atoms with Crippen LogP contribution in [0.2, 0.25) is 0 Å². The summed E-state index contributed by atoms with van der Waals surface area (Å²) in [5, 5.41) is 11.0. The van der Waals surface area contributed by atoms with Crippen LogP contribution in [0, 0.1) is 0 Å². The van der Waals surface area contributed by atoms with E-state index in [0.29, 0.717) is 16.9 Å². The van der Waals surface area contributed by atoms with Crippen molar-refractivity contribution in [3.05, 3.63) is 65.2 Å². The third-order valence-corrected chi connectivity index (χ3v) is 4.43. The van der Waals surface area contributed by atoms with Crippen LogP contribution in [0.5, 0.6) is 17.2 Å². The van der Waals surface area contributed by atoms with Crippen LogP contribution in [0.4, 0.5) is 0 Å². The van der Waals surface area contributed by atoms with Gasteiger partial charge in [0.2, 0.25) is 0 Å². The lowest BCUT2D eigenvalue weighted by Gasteiger charge is -2.16. The Labute approximate surface area is 167 Å². The molecule has 0 bridgehead atoms. The minimum Gasteiger partial charge on any atom is -0.507 e. The predicted octanol–water partition coefficient (Wildman–Crippen LogP) is 3.71. The lowest BCUT2D eigenvalue weighted by atomic mass is 9.97. The number of phenols is 1. The van der Waals surface area contributed by atoms with E-state index in [-0.39, 0.29) is 28.9 Å². The van der Waals surface area contributed by atoms with Crippen LogP contribution in [0.3, 0.4) is 0 Å². The Morgan fingerprint density at radius 1 is 0.862 bits per heavy atom. The van der Waals surface area contributed by atoms with Crippen LogP contribution in [0.1, 0.15) is 26.3 Å². The van der Waals surface area contributed by atoms with Gasteiger partial charge in [-0.2, -0.15) is 0 Å². The van der Waals surface area contributed by atoms with Crippen molar-refractivity contribution in [2.24, 2.45) is 0 Å². The Hall–Kier alpha value is -3.74. The van der Waals surface area contributed by atoms with E-state index in [1.807, 2.05) is 30.3 Å². The van der Waals surface area contributed by atoms with E-state index in [9.17, 15) is 14.7 Å². The molecule has 0 aliphatic rings. The summed E-state index contributed by atoms with van der Waals surface area (Å²) in [4.78, 5) is 24.6. The number of carbonyl (C=O) groups is 2. The number of aromatic hydroxyl groups is 1. The average molecular weight is 396 g/mol. The van der Waals surface area contributed by atoms with E-state index in [1.54, 1.807) is 6.07 Å². The summed E-state index contributed by atoms with van der Waals surface area (Å²) in [5.41, 5.74) is 0.803. The number of benzene rings is 3. The lowest BCUT2D eigenvalue weighted by Crippen LogP contribution is -2.12. The Morgan fingerprint density at radius 2 is 1.52 bits per heavy atom. The molecule has 7 nitrogen and oxygen atoms in total. The summed E-state index contributed by atoms with van der Waals surface area (Å²) in [6, 6.07) is 13.8. The number of fused-ring (bicyclic) bond motifs is 1. The van der Waals surface area contributed by atoms with Crippen molar-refractivity contribution in [3.63, 3.8) is 0 Å². The number of esters is 2. The molecule has 0 aliphatic heterocycles. The topological polar surface area (TPSA) is 91.3 Å². The van der Waals surface area contributed by atoms with Gasteiger partial charge in [-0.25, -0.2) is 9.59 Å². The molecule has 0 aromatic heterocycles. The first-order valence-electron chi connectivity index (χ1n) is 8.71. The maximum Gasteiger partial charge on any atom is 0.339 e. The predicted molar refractivity (Wildman–Crippen MR) is 106 cm³/mol. The number of rotatable bonds is 6. The van der Waals surface area contributed by atoms with Crippen molar-refractivity contribution in [1.82, 2.24) is 0 Å². The largest absolute Gasteiger partial charge is 0.507 e. The van der Waals surface area contributed by atoms with E-state index in [4.69, 9.17) is 18.9 Å². The SMILES string of the molecule is COC(=O)c1cc(O)c2cc(OC)c(OCc3ccccc3)cc2c1C(=O)OC. The van der Waals surface area contributed by atoms with Gasteiger partial charge in [0.1, 0.15) is 12.4 Å². The van der Waals surface area contributed by atoms with E-state index >= 15 is 0 Å². The van der Waals surface area contributed by atoms with Gasteiger partial charge in [-0.15, -0.1) is 0 Å². The monoisotopic (exact) mass is 396 g/mol. The third-order valence-electron chi connectivity index (χ3n) is 4.43. The second-order valence-electron chi connectivity index (χ2n) is 6.12. The van der Waals surface area contributed by atoms with E-state index in [1.165, 1.54) is 33.5 Å². The molecule has 3 rings (SSSR count). The number of ether oxygens (including phenoxy) is 4. The minimum atomic E-state index is -0.773. The van der Waals surface area contributed by atoms with E-state index in [2.05, 4.69) is 0 Å². The van der Waals surface area contributed by atoms with Gasteiger partial charge in [-0.3, -0.25) is 0 Å². The molecule has 0 unspecified atom stereocenters. The van der Waals surface area contributed by atoms with Gasteiger partial charge in [0.15, 0.2) is 11.5 Å². The van der Waals surface area contributed by atoms with Crippen LogP contribution < -0.4 is 9.47 Å². The highest BCUT2D eigenvalue weighted by Gasteiger charge is 2.25. The summed E-state index contributed by atoms with van der Waals surface area (Å²) in [6.45, 7) is 0.263. The van der Waals surface area contributed by atoms with Gasteiger partial charge < -0.3 is 24.1 Å². The molecule has 150 valence electrons. The molecule has 3 aromatic carbocycles. The third kappa shape index (κ3) is 3.94. The van der Waals surface area contributed by atoms with Crippen LogP contribution in [-0.2, 0) is 16.1 Å². The summed E-state index contributed by atoms with van der Waals surface area (Å²) in [5.74, 6) is -1.01. The second-order valence-corrected chi connectivity index (χ2v) is 6.12. The first-order valence-corrected chi connectivity index (χ1v) is 8.71. The molecule has 0 amide bonds. The molecular weight excluding hydrogens is 376 g/mol. The maximum atomic E-state index is 12.4. The van der Waals surface area contributed by atoms with Crippen molar-refractivity contribution < 1.29 is 33.6 Å². The number of carbonyl (C=O) groups excluding carboxylic acids is 2. The van der Waals surface area contributed by atoms with Gasteiger partial charge in [0.25, 0.3) is 0 Å². The summed E-state index contributed by atoms with van der Waals surface area (Å²) in [7, 11) is 3.86. The summed E-state index contributed by atoms with van der Waals surface area (Å²) >= 11 is 0. The number of hydrogen-bond acceptors (Lipinski definition) is 7. The molecule has 0 aliphatic carbocycles. The zero-order valence-corrected chi connectivity index (χ0v) is 16.2. The molecule has 0 heterocycles. The molecule has 0 atom stereocenters. The van der Waals surface area contributed by atoms with Gasteiger partial charge in [-0.1, -0.05) is 30.3 Å². The summed E-state index contributed by atoms with van der Waals surface area (Å²) < 4.78 is 20.8. The van der Waals surface area contributed by atoms with Crippen LogP contribution in [-0.4, -0.2) is 38.4 Å². The van der Waals surface area contributed by atoms with E-state index in [0.717, 1.165) is 5.56 Å². The highest BCUT2D eigenvalue weighted by molar-refractivity contribution is 6.14. The van der Waals surface area contributed by atoms with Crippen molar-refractivity contribution in [1.29, 1.82) is 0 Å². The summed E-state index contributed by atoms with van der Waals surface area (Å²) in [6.07, 6.45) is 0. The molecule has 0 fully saturated rings. The van der Waals surface area contributed by atoms with Gasteiger partial charge in [0.05, 0.1) is 32.5 Å². The molecular formula is C22H20O7. The molecule has 0 radical (unpaired) electrons. The standard InChI is InChI=1S/C22H20O7/c1-26-18-10-14-15(11-19(18)29-12-13-7-5-4-6-8-13)20(22(25)28-3)16(9-17(14)23)21(24)27-2/h4-11,23H,12H2,1-3H3. The Morgan fingerprint density at radius 3 is 2.14 bits per heavy atom.